The second-order valence-electron chi connectivity index (χ2n) is 5.11. The van der Waals surface area contributed by atoms with Gasteiger partial charge in [-0.05, 0) is 30.7 Å². The summed E-state index contributed by atoms with van der Waals surface area (Å²) in [4.78, 5) is 28.0. The first-order valence-electron chi connectivity index (χ1n) is 6.58. The Morgan fingerprint density at radius 2 is 2.08 bits per heavy atom. The van der Waals surface area contributed by atoms with Crippen LogP contribution in [-0.4, -0.2) is 35.6 Å². The standard InChI is InChI=1S/C15H12N2O5S.Na/c1-8-9(2)23(21,22)14-11(7-10-5-3-4-6-16-10)13(18)17(14)12(8)15(19)20;/h3-7,14H,2H2,1H3,(H,19,20);/q;+1/p-1/b11-7-;. The van der Waals surface area contributed by atoms with Crippen LogP contribution in [0, 0.1) is 0 Å². The third kappa shape index (κ3) is 2.55. The van der Waals surface area contributed by atoms with Crippen LogP contribution in [0.15, 0.2) is 52.7 Å². The molecule has 0 aromatic carbocycles. The minimum atomic E-state index is -3.95. The van der Waals surface area contributed by atoms with Crippen molar-refractivity contribution in [2.45, 2.75) is 12.3 Å². The van der Waals surface area contributed by atoms with Crippen LogP contribution in [0.5, 0.6) is 0 Å². The summed E-state index contributed by atoms with van der Waals surface area (Å²) in [5.41, 5.74) is -0.196. The summed E-state index contributed by atoms with van der Waals surface area (Å²) in [6, 6.07) is 4.97. The van der Waals surface area contributed by atoms with E-state index in [2.05, 4.69) is 11.6 Å². The average molecular weight is 354 g/mol. The minimum absolute atomic E-state index is 0. The molecule has 1 fully saturated rings. The van der Waals surface area contributed by atoms with Gasteiger partial charge >= 0.3 is 29.6 Å². The Labute approximate surface area is 160 Å². The second-order valence-corrected chi connectivity index (χ2v) is 7.14. The molecule has 1 unspecified atom stereocenters. The van der Waals surface area contributed by atoms with Crippen LogP contribution >= 0.6 is 0 Å². The maximum atomic E-state index is 12.5. The van der Waals surface area contributed by atoms with Gasteiger partial charge in [0, 0.05) is 6.20 Å². The van der Waals surface area contributed by atoms with Crippen LogP contribution in [0.2, 0.25) is 0 Å². The van der Waals surface area contributed by atoms with Crippen LogP contribution in [0.1, 0.15) is 12.6 Å². The van der Waals surface area contributed by atoms with E-state index in [4.69, 9.17) is 0 Å². The molecule has 2 aliphatic heterocycles. The first kappa shape index (κ1) is 18.6. The molecule has 1 aromatic rings. The Hall–Kier alpha value is -1.74. The van der Waals surface area contributed by atoms with Crippen molar-refractivity contribution in [3.8, 4) is 0 Å². The molecule has 0 radical (unpaired) electrons. The number of nitrogens with zero attached hydrogens (tertiary/aromatic N) is 2. The fourth-order valence-electron chi connectivity index (χ4n) is 2.61. The summed E-state index contributed by atoms with van der Waals surface area (Å²) in [7, 11) is -3.95. The molecule has 2 aliphatic rings. The van der Waals surface area contributed by atoms with Gasteiger partial charge in [-0.3, -0.25) is 14.7 Å². The van der Waals surface area contributed by atoms with Crippen molar-refractivity contribution in [3.05, 3.63) is 58.4 Å². The van der Waals surface area contributed by atoms with Gasteiger partial charge in [-0.15, -0.1) is 0 Å². The van der Waals surface area contributed by atoms with Gasteiger partial charge in [-0.1, -0.05) is 12.6 Å². The smallest absolute Gasteiger partial charge is 0.543 e. The number of carbonyl (C=O) groups is 2. The van der Waals surface area contributed by atoms with Crippen molar-refractivity contribution in [1.29, 1.82) is 0 Å². The molecule has 1 saturated heterocycles. The maximum absolute atomic E-state index is 12.5. The minimum Gasteiger partial charge on any atom is -0.543 e. The van der Waals surface area contributed by atoms with E-state index in [1.165, 1.54) is 19.2 Å². The van der Waals surface area contributed by atoms with Gasteiger partial charge in [0.1, 0.15) is 0 Å². The van der Waals surface area contributed by atoms with E-state index in [1.54, 1.807) is 18.2 Å². The number of hydrogen-bond donors (Lipinski definition) is 0. The zero-order chi connectivity index (χ0) is 16.9. The molecular weight excluding hydrogens is 343 g/mol. The van der Waals surface area contributed by atoms with Gasteiger partial charge < -0.3 is 9.90 Å². The molecule has 24 heavy (non-hydrogen) atoms. The maximum Gasteiger partial charge on any atom is 1.00 e. The number of hydrogen-bond acceptors (Lipinski definition) is 6. The molecule has 7 nitrogen and oxygen atoms in total. The number of aliphatic carboxylic acids is 1. The summed E-state index contributed by atoms with van der Waals surface area (Å²) in [5.74, 6) is -2.32. The Morgan fingerprint density at radius 1 is 1.42 bits per heavy atom. The van der Waals surface area contributed by atoms with Crippen molar-refractivity contribution in [2.24, 2.45) is 0 Å². The molecule has 3 heterocycles. The monoisotopic (exact) mass is 354 g/mol. The van der Waals surface area contributed by atoms with Crippen molar-refractivity contribution in [2.75, 3.05) is 0 Å². The molecule has 1 aromatic heterocycles. The van der Waals surface area contributed by atoms with E-state index < -0.39 is 32.8 Å². The summed E-state index contributed by atoms with van der Waals surface area (Å²) < 4.78 is 25.0. The first-order valence-corrected chi connectivity index (χ1v) is 8.13. The van der Waals surface area contributed by atoms with E-state index >= 15 is 0 Å². The number of carboxylic acids is 1. The number of sulfone groups is 1. The van der Waals surface area contributed by atoms with Crippen LogP contribution in [0.25, 0.3) is 6.08 Å². The zero-order valence-corrected chi connectivity index (χ0v) is 15.8. The van der Waals surface area contributed by atoms with E-state index in [0.717, 1.165) is 4.90 Å². The Kier molecular flexibility index (Phi) is 4.87. The summed E-state index contributed by atoms with van der Waals surface area (Å²) in [6.07, 6.45) is 2.83. The Morgan fingerprint density at radius 3 is 2.62 bits per heavy atom. The second kappa shape index (κ2) is 6.29. The van der Waals surface area contributed by atoms with Crippen molar-refractivity contribution < 1.29 is 52.7 Å². The first-order chi connectivity index (χ1) is 10.8. The number of β-lactam (4-membered cyclic amide) rings is 1. The number of amides is 1. The average Bonchev–Trinajstić information content (AvgIpc) is 2.51. The quantitative estimate of drug-likeness (QED) is 0.311. The summed E-state index contributed by atoms with van der Waals surface area (Å²) in [5, 5.41) is 9.89. The van der Waals surface area contributed by atoms with Gasteiger partial charge in [0.25, 0.3) is 5.91 Å². The number of carboxylic acid groups (broad SMARTS) is 1. The fraction of sp³-hybridized carbons (Fsp3) is 0.133. The molecule has 0 bridgehead atoms. The van der Waals surface area contributed by atoms with Gasteiger partial charge in [0.2, 0.25) is 9.84 Å². The SMILES string of the molecule is C=C1C(C)=C(C(=O)[O-])N2C(=O)/C(=C/c3ccccn3)C2S1(=O)=O.[Na+]. The number of carbonyl (C=O) groups excluding carboxylic acids is 2. The Balaban J connectivity index is 0.00000208. The normalized spacial score (nSPS) is 23.5. The van der Waals surface area contributed by atoms with E-state index in [9.17, 15) is 23.1 Å². The molecule has 0 saturated carbocycles. The molecular formula is C15H11N2NaO5S. The molecule has 1 atom stereocenters. The third-order valence-corrected chi connectivity index (χ3v) is 5.85. The largest absolute Gasteiger partial charge is 1.00 e. The van der Waals surface area contributed by atoms with Gasteiger partial charge in [-0.25, -0.2) is 8.42 Å². The fourth-order valence-corrected chi connectivity index (χ4v) is 4.39. The van der Waals surface area contributed by atoms with Crippen molar-refractivity contribution in [1.82, 2.24) is 9.88 Å². The van der Waals surface area contributed by atoms with Crippen molar-refractivity contribution >= 4 is 27.8 Å². The molecule has 0 N–H and O–H groups in total. The van der Waals surface area contributed by atoms with E-state index in [1.807, 2.05) is 0 Å². The number of aromatic nitrogens is 1. The van der Waals surface area contributed by atoms with Crippen LogP contribution < -0.4 is 34.7 Å². The van der Waals surface area contributed by atoms with Gasteiger partial charge in [-0.2, -0.15) is 0 Å². The third-order valence-electron chi connectivity index (χ3n) is 3.80. The molecule has 0 spiro atoms. The van der Waals surface area contributed by atoms with Crippen LogP contribution in [0.4, 0.5) is 0 Å². The predicted molar refractivity (Wildman–Crippen MR) is 78.6 cm³/mol. The summed E-state index contributed by atoms with van der Waals surface area (Å²) in [6.45, 7) is 4.73. The molecule has 0 aliphatic carbocycles. The van der Waals surface area contributed by atoms with Crippen molar-refractivity contribution in [3.63, 3.8) is 0 Å². The van der Waals surface area contributed by atoms with Crippen LogP contribution in [0.3, 0.4) is 0 Å². The molecule has 9 heteroatoms. The van der Waals surface area contributed by atoms with Gasteiger partial charge in [0.05, 0.1) is 27.8 Å². The zero-order valence-electron chi connectivity index (χ0n) is 13.0. The number of rotatable bonds is 2. The van der Waals surface area contributed by atoms with E-state index in [-0.39, 0.29) is 45.6 Å². The van der Waals surface area contributed by atoms with Crippen LogP contribution in [-0.2, 0) is 19.4 Å². The Bertz CT molecular complexity index is 918. The molecule has 1 amide bonds. The number of allylic oxidation sites excluding steroid dienone is 1. The molecule has 118 valence electrons. The topological polar surface area (TPSA) is 107 Å². The van der Waals surface area contributed by atoms with Gasteiger partial charge in [0.15, 0.2) is 5.37 Å². The number of pyridine rings is 1. The number of fused-ring (bicyclic) bond motifs is 1. The summed E-state index contributed by atoms with van der Waals surface area (Å²) >= 11 is 0. The predicted octanol–water partition coefficient (Wildman–Crippen LogP) is -3.40. The van der Waals surface area contributed by atoms with E-state index in [0.29, 0.717) is 5.69 Å². The molecule has 3 rings (SSSR count).